The first-order valence-electron chi connectivity index (χ1n) is 9.07. The summed E-state index contributed by atoms with van der Waals surface area (Å²) in [5.41, 5.74) is 4.38. The van der Waals surface area contributed by atoms with E-state index in [-0.39, 0.29) is 0 Å². The van der Waals surface area contributed by atoms with Crippen LogP contribution in [0.15, 0.2) is 49.7 Å². The molecule has 3 rings (SSSR count). The van der Waals surface area contributed by atoms with Crippen LogP contribution in [0.3, 0.4) is 0 Å². The van der Waals surface area contributed by atoms with Gasteiger partial charge in [-0.25, -0.2) is 5.43 Å². The molecule has 0 aliphatic heterocycles. The van der Waals surface area contributed by atoms with Crippen LogP contribution >= 0.6 is 31.9 Å². The summed E-state index contributed by atoms with van der Waals surface area (Å²) < 4.78 is 24.3. The highest BCUT2D eigenvalue weighted by Crippen LogP contribution is 2.33. The zero-order valence-electron chi connectivity index (χ0n) is 17.7. The van der Waals surface area contributed by atoms with Crippen LogP contribution in [0.1, 0.15) is 11.1 Å². The summed E-state index contributed by atoms with van der Waals surface area (Å²) >= 11 is 6.99. The van der Waals surface area contributed by atoms with Gasteiger partial charge in [-0.2, -0.15) is 14.9 Å². The number of hydrazone groups is 1. The molecule has 0 atom stereocenters. The smallest absolute Gasteiger partial charge is 0.265 e. The van der Waals surface area contributed by atoms with Gasteiger partial charge in [-0.05, 0) is 56.1 Å². The van der Waals surface area contributed by atoms with Crippen molar-refractivity contribution in [1.29, 1.82) is 0 Å². The van der Waals surface area contributed by atoms with Gasteiger partial charge in [-0.3, -0.25) is 0 Å². The molecule has 168 valence electrons. The number of ether oxygens (including phenoxy) is 4. The third kappa shape index (κ3) is 5.37. The van der Waals surface area contributed by atoms with Gasteiger partial charge < -0.3 is 18.9 Å². The number of aromatic nitrogens is 3. The number of nitrogens with zero attached hydrogens (tertiary/aromatic N) is 5. The average molecular weight is 568 g/mol. The van der Waals surface area contributed by atoms with Crippen LogP contribution < -0.4 is 24.4 Å². The van der Waals surface area contributed by atoms with Crippen molar-refractivity contribution in [2.75, 3.05) is 33.9 Å². The molecule has 0 fully saturated rings. The summed E-state index contributed by atoms with van der Waals surface area (Å²) in [5, 5.41) is 16.5. The van der Waals surface area contributed by atoms with Crippen molar-refractivity contribution in [3.63, 3.8) is 0 Å². The highest BCUT2D eigenvalue weighted by atomic mass is 79.9. The molecule has 1 N–H and O–H groups in total. The lowest BCUT2D eigenvalue weighted by molar-refractivity contribution is 0.354. The van der Waals surface area contributed by atoms with Crippen LogP contribution in [-0.4, -0.2) is 55.7 Å². The molecule has 0 aliphatic rings. The number of nitrogens with one attached hydrogen (secondary N) is 1. The van der Waals surface area contributed by atoms with E-state index in [0.717, 1.165) is 20.1 Å². The van der Waals surface area contributed by atoms with Gasteiger partial charge in [-0.1, -0.05) is 0 Å². The zero-order valence-corrected chi connectivity index (χ0v) is 20.8. The van der Waals surface area contributed by atoms with Crippen molar-refractivity contribution >= 4 is 50.2 Å². The highest BCUT2D eigenvalue weighted by molar-refractivity contribution is 9.10. The fourth-order valence-electron chi connectivity index (χ4n) is 2.61. The molecule has 12 heteroatoms. The molecule has 32 heavy (non-hydrogen) atoms. The second-order valence-electron chi connectivity index (χ2n) is 6.07. The van der Waals surface area contributed by atoms with Gasteiger partial charge in [-0.15, -0.1) is 10.2 Å². The molecular formula is C20H20Br2N6O4. The number of hydrogen-bond acceptors (Lipinski definition) is 9. The molecule has 0 bridgehead atoms. The predicted octanol–water partition coefficient (Wildman–Crippen LogP) is 4.17. The topological polar surface area (TPSA) is 104 Å². The van der Waals surface area contributed by atoms with Gasteiger partial charge in [0.2, 0.25) is 0 Å². The van der Waals surface area contributed by atoms with E-state index in [1.807, 2.05) is 0 Å². The Kier molecular flexibility index (Phi) is 8.06. The molecule has 0 spiro atoms. The quantitative estimate of drug-likeness (QED) is 0.306. The van der Waals surface area contributed by atoms with E-state index < -0.39 is 0 Å². The molecule has 0 saturated carbocycles. The van der Waals surface area contributed by atoms with E-state index in [1.54, 1.807) is 65.1 Å². The maximum Gasteiger partial charge on any atom is 0.265 e. The number of rotatable bonds is 9. The van der Waals surface area contributed by atoms with Gasteiger partial charge in [0.1, 0.15) is 6.33 Å². The second-order valence-corrected chi connectivity index (χ2v) is 7.78. The molecule has 0 saturated heterocycles. The van der Waals surface area contributed by atoms with Gasteiger partial charge in [0.25, 0.3) is 5.95 Å². The maximum absolute atomic E-state index is 5.34. The molecule has 1 heterocycles. The molecule has 1 aromatic heterocycles. The van der Waals surface area contributed by atoms with Crippen LogP contribution in [0, 0.1) is 0 Å². The lowest BCUT2D eigenvalue weighted by Gasteiger charge is -2.09. The Hall–Kier alpha value is -3.12. The number of methoxy groups -OCH3 is 4. The number of anilines is 1. The highest BCUT2D eigenvalue weighted by Gasteiger charge is 2.10. The molecule has 0 aliphatic carbocycles. The van der Waals surface area contributed by atoms with Crippen molar-refractivity contribution < 1.29 is 18.9 Å². The monoisotopic (exact) mass is 566 g/mol. The van der Waals surface area contributed by atoms with Crippen LogP contribution in [0.4, 0.5) is 5.95 Å². The number of hydrogen-bond donors (Lipinski definition) is 1. The Labute approximate surface area is 201 Å². The van der Waals surface area contributed by atoms with E-state index in [9.17, 15) is 0 Å². The molecule has 3 aromatic rings. The van der Waals surface area contributed by atoms with Gasteiger partial charge in [0.05, 0.1) is 40.9 Å². The van der Waals surface area contributed by atoms with Crippen LogP contribution in [0.25, 0.3) is 0 Å². The SMILES string of the molecule is COc1cc(Br)c(C=NNc2nncn2/N=C/c2cc(OC)c(OC)cc2Br)cc1OC. The van der Waals surface area contributed by atoms with E-state index in [4.69, 9.17) is 18.9 Å². The van der Waals surface area contributed by atoms with Crippen LogP contribution in [-0.2, 0) is 0 Å². The first kappa shape index (κ1) is 23.5. The summed E-state index contributed by atoms with van der Waals surface area (Å²) in [7, 11) is 6.30. The molecule has 0 radical (unpaired) electrons. The lowest BCUT2D eigenvalue weighted by atomic mass is 10.2. The Morgan fingerprint density at radius 3 is 1.84 bits per heavy atom. The van der Waals surface area contributed by atoms with E-state index in [0.29, 0.717) is 28.9 Å². The third-order valence-corrected chi connectivity index (χ3v) is 5.60. The van der Waals surface area contributed by atoms with Crippen molar-refractivity contribution in [1.82, 2.24) is 14.9 Å². The predicted molar refractivity (Wildman–Crippen MR) is 129 cm³/mol. The van der Waals surface area contributed by atoms with Crippen LogP contribution in [0.2, 0.25) is 0 Å². The second kappa shape index (κ2) is 11.0. The minimum atomic E-state index is 0.325. The normalized spacial score (nSPS) is 11.2. The molecular weight excluding hydrogens is 548 g/mol. The fraction of sp³-hybridized carbons (Fsp3) is 0.200. The van der Waals surface area contributed by atoms with Crippen molar-refractivity contribution in [3.05, 3.63) is 50.7 Å². The summed E-state index contributed by atoms with van der Waals surface area (Å²) in [6.07, 6.45) is 4.70. The summed E-state index contributed by atoms with van der Waals surface area (Å²) in [5.74, 6) is 2.72. The Morgan fingerprint density at radius 1 is 0.812 bits per heavy atom. The summed E-state index contributed by atoms with van der Waals surface area (Å²) in [4.78, 5) is 0. The third-order valence-electron chi connectivity index (χ3n) is 4.23. The van der Waals surface area contributed by atoms with Gasteiger partial charge >= 0.3 is 0 Å². The minimum absolute atomic E-state index is 0.325. The Morgan fingerprint density at radius 2 is 1.31 bits per heavy atom. The summed E-state index contributed by atoms with van der Waals surface area (Å²) in [6.45, 7) is 0. The zero-order chi connectivity index (χ0) is 23.1. The van der Waals surface area contributed by atoms with Crippen molar-refractivity contribution in [3.8, 4) is 23.0 Å². The largest absolute Gasteiger partial charge is 0.493 e. The summed E-state index contributed by atoms with van der Waals surface area (Å²) in [6, 6.07) is 7.20. The lowest BCUT2D eigenvalue weighted by Crippen LogP contribution is -2.00. The number of halogens is 2. The molecule has 0 unspecified atom stereocenters. The van der Waals surface area contributed by atoms with Crippen LogP contribution in [0.5, 0.6) is 23.0 Å². The number of benzene rings is 2. The first-order chi connectivity index (χ1) is 15.5. The Bertz CT molecular complexity index is 1150. The molecule has 0 amide bonds. The fourth-order valence-corrected chi connectivity index (χ4v) is 3.46. The molecule has 2 aromatic carbocycles. The first-order valence-corrected chi connectivity index (χ1v) is 10.7. The van der Waals surface area contributed by atoms with E-state index in [1.165, 1.54) is 11.0 Å². The standard InChI is InChI=1S/C20H20Br2N6O4/c1-29-16-5-12(14(21)7-18(16)31-3)9-23-26-20-27-24-11-28(20)25-10-13-6-17(30-2)19(32-4)8-15(13)22/h5-11H,1-4H3,(H,26,27)/b23-9?,25-10+. The van der Waals surface area contributed by atoms with E-state index in [2.05, 4.69) is 57.7 Å². The minimum Gasteiger partial charge on any atom is -0.493 e. The van der Waals surface area contributed by atoms with Gasteiger partial charge in [0, 0.05) is 20.1 Å². The van der Waals surface area contributed by atoms with Crippen molar-refractivity contribution in [2.24, 2.45) is 10.2 Å². The Balaban J connectivity index is 1.77. The van der Waals surface area contributed by atoms with E-state index >= 15 is 0 Å². The molecule has 10 nitrogen and oxygen atoms in total. The van der Waals surface area contributed by atoms with Crippen molar-refractivity contribution in [2.45, 2.75) is 0 Å². The maximum atomic E-state index is 5.34. The average Bonchev–Trinajstić information content (AvgIpc) is 3.25. The van der Waals surface area contributed by atoms with Gasteiger partial charge in [0.15, 0.2) is 23.0 Å².